The quantitative estimate of drug-likeness (QED) is 0.269. The first-order chi connectivity index (χ1) is 14.1. The highest BCUT2D eigenvalue weighted by atomic mass is 16.5. The van der Waals surface area contributed by atoms with Crippen molar-refractivity contribution >= 4 is 11.9 Å². The van der Waals surface area contributed by atoms with E-state index in [9.17, 15) is 14.7 Å². The number of ether oxygens (including phenoxy) is 2. The molecule has 0 bridgehead atoms. The first-order valence-corrected chi connectivity index (χ1v) is 11.8. The summed E-state index contributed by atoms with van der Waals surface area (Å²) in [5.41, 5.74) is 0. The molecular formula is C23H43NO5. The van der Waals surface area contributed by atoms with E-state index >= 15 is 0 Å². The van der Waals surface area contributed by atoms with E-state index in [1.54, 1.807) is 0 Å². The minimum atomic E-state index is -0.159. The number of hydrogen-bond donors (Lipinski definition) is 1. The molecular weight excluding hydrogens is 370 g/mol. The number of unbranched alkanes of at least 4 members (excludes halogenated alkanes) is 3. The van der Waals surface area contributed by atoms with Crippen LogP contribution in [-0.4, -0.2) is 60.9 Å². The fourth-order valence-electron chi connectivity index (χ4n) is 3.53. The van der Waals surface area contributed by atoms with Gasteiger partial charge in [0.2, 0.25) is 0 Å². The molecule has 29 heavy (non-hydrogen) atoms. The second kappa shape index (κ2) is 16.6. The molecule has 0 aromatic heterocycles. The van der Waals surface area contributed by atoms with Gasteiger partial charge in [-0.05, 0) is 45.1 Å². The zero-order valence-corrected chi connectivity index (χ0v) is 18.7. The van der Waals surface area contributed by atoms with E-state index in [4.69, 9.17) is 9.47 Å². The molecule has 170 valence electrons. The molecule has 0 unspecified atom stereocenters. The molecule has 1 fully saturated rings. The number of nitrogens with zero attached hydrogens (tertiary/aromatic N) is 1. The third-order valence-electron chi connectivity index (χ3n) is 5.71. The Kier molecular flexibility index (Phi) is 14.9. The first-order valence-electron chi connectivity index (χ1n) is 11.8. The van der Waals surface area contributed by atoms with Crippen molar-refractivity contribution in [3.63, 3.8) is 0 Å². The van der Waals surface area contributed by atoms with Gasteiger partial charge in [-0.1, -0.05) is 39.5 Å². The smallest absolute Gasteiger partial charge is 0.305 e. The lowest BCUT2D eigenvalue weighted by Gasteiger charge is -2.37. The van der Waals surface area contributed by atoms with Gasteiger partial charge in [-0.25, -0.2) is 0 Å². The van der Waals surface area contributed by atoms with E-state index in [0.29, 0.717) is 32.1 Å². The zero-order valence-electron chi connectivity index (χ0n) is 18.7. The number of carbonyl (C=O) groups excluding carboxylic acids is 2. The molecule has 1 rings (SSSR count). The number of carbonyl (C=O) groups is 2. The molecule has 1 saturated carbocycles. The maximum absolute atomic E-state index is 11.8. The van der Waals surface area contributed by atoms with Crippen molar-refractivity contribution in [2.75, 3.05) is 32.9 Å². The molecule has 1 aliphatic carbocycles. The van der Waals surface area contributed by atoms with Crippen LogP contribution in [0.25, 0.3) is 0 Å². The van der Waals surface area contributed by atoms with Crippen LogP contribution in [0.2, 0.25) is 0 Å². The average Bonchev–Trinajstić information content (AvgIpc) is 2.67. The van der Waals surface area contributed by atoms with Gasteiger partial charge in [0.25, 0.3) is 0 Å². The van der Waals surface area contributed by atoms with Gasteiger partial charge in [-0.2, -0.15) is 0 Å². The summed E-state index contributed by atoms with van der Waals surface area (Å²) in [5, 5.41) is 9.28. The molecule has 0 saturated heterocycles. The summed E-state index contributed by atoms with van der Waals surface area (Å²) in [6, 6.07) is 0.636. The Morgan fingerprint density at radius 2 is 1.52 bits per heavy atom. The van der Waals surface area contributed by atoms with Crippen molar-refractivity contribution in [3.8, 4) is 0 Å². The highest BCUT2D eigenvalue weighted by molar-refractivity contribution is 5.69. The molecule has 0 radical (unpaired) electrons. The predicted molar refractivity (Wildman–Crippen MR) is 115 cm³/mol. The maximum atomic E-state index is 11.8. The SMILES string of the molecule is CCCCC(=O)OCC(CCCCN(CCO)C1CCC1)COC(=O)CCCC. The summed E-state index contributed by atoms with van der Waals surface area (Å²) < 4.78 is 10.9. The van der Waals surface area contributed by atoms with Gasteiger partial charge >= 0.3 is 11.9 Å². The van der Waals surface area contributed by atoms with Crippen LogP contribution in [0.3, 0.4) is 0 Å². The summed E-state index contributed by atoms with van der Waals surface area (Å²) in [6.45, 7) is 6.70. The molecule has 1 N–H and O–H groups in total. The normalized spacial score (nSPS) is 14.2. The van der Waals surface area contributed by atoms with Crippen molar-refractivity contribution < 1.29 is 24.2 Å². The Labute approximate surface area is 177 Å². The lowest BCUT2D eigenvalue weighted by Crippen LogP contribution is -2.42. The molecule has 6 nitrogen and oxygen atoms in total. The number of esters is 2. The molecule has 0 aliphatic heterocycles. The van der Waals surface area contributed by atoms with Crippen LogP contribution in [-0.2, 0) is 19.1 Å². The predicted octanol–water partition coefficient (Wildman–Crippen LogP) is 4.09. The monoisotopic (exact) mass is 413 g/mol. The van der Waals surface area contributed by atoms with E-state index in [-0.39, 0.29) is 24.5 Å². The van der Waals surface area contributed by atoms with Gasteiger partial charge in [-0.3, -0.25) is 14.5 Å². The largest absolute Gasteiger partial charge is 0.465 e. The Hall–Kier alpha value is -1.14. The second-order valence-corrected chi connectivity index (χ2v) is 8.28. The molecule has 0 atom stereocenters. The number of aliphatic hydroxyl groups excluding tert-OH is 1. The summed E-state index contributed by atoms with van der Waals surface area (Å²) in [4.78, 5) is 26.1. The van der Waals surface area contributed by atoms with E-state index < -0.39 is 0 Å². The van der Waals surface area contributed by atoms with Crippen molar-refractivity contribution in [1.29, 1.82) is 0 Å². The number of rotatable bonds is 18. The van der Waals surface area contributed by atoms with E-state index in [1.807, 2.05) is 0 Å². The zero-order chi connectivity index (χ0) is 21.3. The minimum Gasteiger partial charge on any atom is -0.465 e. The van der Waals surface area contributed by atoms with Gasteiger partial charge in [0.1, 0.15) is 0 Å². The van der Waals surface area contributed by atoms with E-state index in [1.165, 1.54) is 19.3 Å². The maximum Gasteiger partial charge on any atom is 0.305 e. The average molecular weight is 414 g/mol. The van der Waals surface area contributed by atoms with Crippen LogP contribution in [0.15, 0.2) is 0 Å². The van der Waals surface area contributed by atoms with Crippen LogP contribution in [0.4, 0.5) is 0 Å². The minimum absolute atomic E-state index is 0.0566. The Morgan fingerprint density at radius 3 is 1.97 bits per heavy atom. The van der Waals surface area contributed by atoms with Crippen LogP contribution in [0.5, 0.6) is 0 Å². The van der Waals surface area contributed by atoms with Crippen molar-refractivity contribution in [1.82, 2.24) is 4.90 Å². The first kappa shape index (κ1) is 25.9. The van der Waals surface area contributed by atoms with E-state index in [2.05, 4.69) is 18.7 Å². The topological polar surface area (TPSA) is 76.1 Å². The molecule has 0 amide bonds. The summed E-state index contributed by atoms with van der Waals surface area (Å²) in [5.74, 6) is -0.261. The lowest BCUT2D eigenvalue weighted by atomic mass is 9.91. The van der Waals surface area contributed by atoms with E-state index in [0.717, 1.165) is 58.0 Å². The van der Waals surface area contributed by atoms with Gasteiger partial charge in [0, 0.05) is 31.3 Å². The van der Waals surface area contributed by atoms with Crippen LogP contribution < -0.4 is 0 Å². The Bertz CT molecular complexity index is 415. The van der Waals surface area contributed by atoms with Crippen molar-refractivity contribution in [2.45, 2.75) is 96.9 Å². The summed E-state index contributed by atoms with van der Waals surface area (Å²) in [7, 11) is 0. The Morgan fingerprint density at radius 1 is 0.931 bits per heavy atom. The number of hydrogen-bond acceptors (Lipinski definition) is 6. The van der Waals surface area contributed by atoms with Gasteiger partial charge in [0.05, 0.1) is 19.8 Å². The Balaban J connectivity index is 2.36. The molecule has 0 heterocycles. The molecule has 0 aromatic carbocycles. The molecule has 6 heteroatoms. The van der Waals surface area contributed by atoms with Crippen LogP contribution in [0.1, 0.15) is 90.9 Å². The van der Waals surface area contributed by atoms with Crippen molar-refractivity contribution in [3.05, 3.63) is 0 Å². The van der Waals surface area contributed by atoms with Gasteiger partial charge in [-0.15, -0.1) is 0 Å². The molecule has 0 spiro atoms. The van der Waals surface area contributed by atoms with Gasteiger partial charge < -0.3 is 14.6 Å². The second-order valence-electron chi connectivity index (χ2n) is 8.28. The standard InChI is InChI=1S/C23H43NO5/c1-3-5-13-22(26)28-18-20(19-29-23(27)14-6-4-2)10-7-8-15-24(16-17-25)21-11-9-12-21/h20-21,25H,3-19H2,1-2H3. The fourth-order valence-corrected chi connectivity index (χ4v) is 3.53. The lowest BCUT2D eigenvalue weighted by molar-refractivity contribution is -0.149. The van der Waals surface area contributed by atoms with Crippen LogP contribution in [0, 0.1) is 5.92 Å². The number of aliphatic hydroxyl groups is 1. The fraction of sp³-hybridized carbons (Fsp3) is 0.913. The molecule has 0 aromatic rings. The molecule has 1 aliphatic rings. The highest BCUT2D eigenvalue weighted by Gasteiger charge is 2.24. The van der Waals surface area contributed by atoms with Crippen molar-refractivity contribution in [2.24, 2.45) is 5.92 Å². The summed E-state index contributed by atoms with van der Waals surface area (Å²) in [6.07, 6.45) is 11.2. The third kappa shape index (κ3) is 12.2. The van der Waals surface area contributed by atoms with Gasteiger partial charge in [0.15, 0.2) is 0 Å². The third-order valence-corrected chi connectivity index (χ3v) is 5.71. The highest BCUT2D eigenvalue weighted by Crippen LogP contribution is 2.25. The summed E-state index contributed by atoms with van der Waals surface area (Å²) >= 11 is 0. The van der Waals surface area contributed by atoms with Crippen LogP contribution >= 0.6 is 0 Å².